The van der Waals surface area contributed by atoms with Gasteiger partial charge in [-0.3, -0.25) is 4.21 Å². The molecule has 0 heterocycles. The Kier molecular flexibility index (Phi) is 198. The first-order valence-electron chi connectivity index (χ1n) is 20.0. The van der Waals surface area contributed by atoms with Crippen LogP contribution in [0.25, 0.3) is 0 Å². The molecule has 2 unspecified atom stereocenters. The van der Waals surface area contributed by atoms with Crippen molar-refractivity contribution in [2.75, 3.05) is 94.0 Å². The van der Waals surface area contributed by atoms with Gasteiger partial charge in [0, 0.05) is 109 Å². The van der Waals surface area contributed by atoms with Crippen LogP contribution in [-0.2, 0) is 44.0 Å². The summed E-state index contributed by atoms with van der Waals surface area (Å²) in [6.07, 6.45) is 48.5. The average Bonchev–Trinajstić information content (AvgIpc) is 3.34. The summed E-state index contributed by atoms with van der Waals surface area (Å²) < 4.78 is 41.9. The Labute approximate surface area is 457 Å². The van der Waals surface area contributed by atoms with E-state index >= 15 is 0 Å². The third-order valence-electron chi connectivity index (χ3n) is 3.23. The molecule has 0 rings (SSSR count). The number of hydrogen-bond acceptors (Lipinski definition) is 12. The number of nitrogens with zero attached hydrogens (tertiary/aromatic N) is 2. The van der Waals surface area contributed by atoms with Crippen LogP contribution < -0.4 is 0 Å². The van der Waals surface area contributed by atoms with Crippen molar-refractivity contribution in [3.8, 4) is 167 Å². The Balaban J connectivity index is -0.0000000412. The monoisotopic (exact) mass is 1070 g/mol. The van der Waals surface area contributed by atoms with Crippen molar-refractivity contribution >= 4 is 61.5 Å². The second-order valence-corrected chi connectivity index (χ2v) is 15.5. The summed E-state index contributed by atoms with van der Waals surface area (Å²) in [5.74, 6) is 30.6. The van der Waals surface area contributed by atoms with Crippen molar-refractivity contribution in [1.29, 1.82) is 0 Å². The smallest absolute Gasteiger partial charge is 0.109 e. The molecular weight excluding hydrogens is 985 g/mol. The van der Waals surface area contributed by atoms with Gasteiger partial charge in [0.2, 0.25) is 0 Å². The summed E-state index contributed by atoms with van der Waals surface area (Å²) in [5, 5.41) is 12.0. The Morgan fingerprint density at radius 1 is 0.606 bits per heavy atom. The maximum atomic E-state index is 10.5. The van der Waals surface area contributed by atoms with Crippen LogP contribution in [0.2, 0.25) is 0 Å². The van der Waals surface area contributed by atoms with E-state index in [4.69, 9.17) is 25.7 Å². The minimum atomic E-state index is -2.04. The number of rotatable bonds is 2. The van der Waals surface area contributed by atoms with Crippen LogP contribution in [0.15, 0.2) is 0 Å². The summed E-state index contributed by atoms with van der Waals surface area (Å²) in [7, 11) is 10.4. The molecule has 0 aromatic heterocycles. The molecule has 0 aliphatic heterocycles. The van der Waals surface area contributed by atoms with Crippen LogP contribution in [0.5, 0.6) is 0 Å². The van der Waals surface area contributed by atoms with Crippen LogP contribution in [0.1, 0.15) is 95.9 Å². The second-order valence-electron chi connectivity index (χ2n) is 9.75. The van der Waals surface area contributed by atoms with Crippen molar-refractivity contribution in [3.63, 3.8) is 0 Å². The molecule has 14 heteroatoms. The molecule has 0 saturated heterocycles. The molecule has 0 radical (unpaired) electrons. The van der Waals surface area contributed by atoms with Gasteiger partial charge in [-0.25, -0.2) is 4.21 Å². The lowest BCUT2D eigenvalue weighted by Crippen LogP contribution is -2.00. The van der Waals surface area contributed by atoms with Gasteiger partial charge in [-0.05, 0) is 79.3 Å². The van der Waals surface area contributed by atoms with E-state index in [-0.39, 0.29) is 0 Å². The van der Waals surface area contributed by atoms with Crippen molar-refractivity contribution in [2.45, 2.75) is 95.9 Å². The van der Waals surface area contributed by atoms with Gasteiger partial charge in [-0.2, -0.15) is 0 Å². The van der Waals surface area contributed by atoms with Crippen molar-refractivity contribution in [3.05, 3.63) is 0 Å². The van der Waals surface area contributed by atoms with E-state index in [1.807, 2.05) is 105 Å². The molecular formula is C57H88N2O7S5. The van der Waals surface area contributed by atoms with Crippen molar-refractivity contribution < 1.29 is 32.1 Å². The van der Waals surface area contributed by atoms with Crippen LogP contribution in [0.4, 0.5) is 0 Å². The van der Waals surface area contributed by atoms with Gasteiger partial charge in [0.05, 0.1) is 45.8 Å². The normalized spacial score (nSPS) is 6.79. The van der Waals surface area contributed by atoms with Gasteiger partial charge in [0.25, 0.3) is 0 Å². The van der Waals surface area contributed by atoms with Gasteiger partial charge in [0.15, 0.2) is 0 Å². The van der Waals surface area contributed by atoms with Crippen molar-refractivity contribution in [1.82, 2.24) is 9.80 Å². The topological polar surface area (TPSA) is 86.8 Å². The standard InChI is InChI=1S/C5H9N.C5H8OS.C5H8O.C5H8.C4H7N.3C4H6O.2C4H6S.C4H6.C3H4OS.C3H4O.C3H4S/c1-4-5-6(2)3;1-4-5-7(2,3)6;1-3-5-6-4-2;1-3-5-4-2;1-4-5(2)3;4*1-3-4-5-2;1-3-5-4-2;1-3-4-2;1-3-5(2)4;2*1-3-4-2/h1-3H3;2H2,1,3H3;4H2,1-2H3;3H2,1-2H3;1H,2-3H3;4*1-2H3;1H,4H2,2H3;1H,4H2,2H3;1H,2H3;2*1H,2H3. The first kappa shape index (κ1) is 102. The highest BCUT2D eigenvalue weighted by molar-refractivity contribution is 8.04. The molecule has 0 spiro atoms. The number of ether oxygens (including phenoxy) is 5. The zero-order valence-electron chi connectivity index (χ0n) is 47.8. The maximum Gasteiger partial charge on any atom is 0.109 e. The highest BCUT2D eigenvalue weighted by Crippen LogP contribution is 1.89. The van der Waals surface area contributed by atoms with Crippen LogP contribution in [-0.4, -0.2) is 118 Å². The molecule has 0 aliphatic carbocycles. The molecule has 2 atom stereocenters. The van der Waals surface area contributed by atoms with E-state index in [1.54, 1.807) is 51.3 Å². The van der Waals surface area contributed by atoms with Crippen LogP contribution in [0.3, 0.4) is 0 Å². The molecule has 0 aromatic carbocycles. The lowest BCUT2D eigenvalue weighted by atomic mass is 10.5. The van der Waals surface area contributed by atoms with Crippen LogP contribution in [0, 0.1) is 167 Å². The highest BCUT2D eigenvalue weighted by atomic mass is 32.2. The van der Waals surface area contributed by atoms with Gasteiger partial charge in [-0.15, -0.1) is 43.5 Å². The molecule has 0 aromatic rings. The van der Waals surface area contributed by atoms with E-state index in [2.05, 4.69) is 159 Å². The lowest BCUT2D eigenvalue weighted by Gasteiger charge is -1.94. The summed E-state index contributed by atoms with van der Waals surface area (Å²) in [6, 6.07) is 5.15. The molecule has 9 nitrogen and oxygen atoms in total. The van der Waals surface area contributed by atoms with Gasteiger partial charge < -0.3 is 33.5 Å². The number of terminal acetylenes is 6. The first-order chi connectivity index (χ1) is 33.5. The van der Waals surface area contributed by atoms with Crippen LogP contribution >= 0.6 is 35.3 Å². The first-order valence-corrected chi connectivity index (χ1v) is 27.1. The van der Waals surface area contributed by atoms with Gasteiger partial charge in [0.1, 0.15) is 30.5 Å². The van der Waals surface area contributed by atoms with Crippen molar-refractivity contribution in [2.24, 2.45) is 0 Å². The zero-order chi connectivity index (χ0) is 59.3. The zero-order valence-corrected chi connectivity index (χ0v) is 51.9. The molecule has 398 valence electrons. The quantitative estimate of drug-likeness (QED) is 0.150. The molecule has 0 N–H and O–H groups in total. The minimum absolute atomic E-state index is 0.681. The molecule has 0 fully saturated rings. The molecule has 0 bridgehead atoms. The fourth-order valence-electron chi connectivity index (χ4n) is 1.25. The Morgan fingerprint density at radius 2 is 0.972 bits per heavy atom. The molecule has 0 aliphatic rings. The van der Waals surface area contributed by atoms with E-state index in [9.17, 15) is 8.42 Å². The fraction of sp³-hybridized carbons (Fsp3) is 0.491. The van der Waals surface area contributed by atoms with E-state index in [0.717, 1.165) is 18.6 Å². The number of thioether (sulfide) groups is 3. The van der Waals surface area contributed by atoms with E-state index in [1.165, 1.54) is 64.5 Å². The van der Waals surface area contributed by atoms with E-state index in [0.29, 0.717) is 6.61 Å². The Hall–Kier alpha value is -6.34. The van der Waals surface area contributed by atoms with Gasteiger partial charge in [-0.1, -0.05) is 110 Å². The summed E-state index contributed by atoms with van der Waals surface area (Å²) in [4.78, 5) is 3.47. The predicted molar refractivity (Wildman–Crippen MR) is 329 cm³/mol. The second kappa shape index (κ2) is 137. The number of hydrogen-bond donors (Lipinski definition) is 0. The fourth-order valence-corrected chi connectivity index (χ4v) is 2.05. The number of methoxy groups -OCH3 is 4. The maximum absolute atomic E-state index is 10.5. The predicted octanol–water partition coefficient (Wildman–Crippen LogP) is 10.1. The Morgan fingerprint density at radius 3 is 0.986 bits per heavy atom. The van der Waals surface area contributed by atoms with Gasteiger partial charge >= 0.3 is 0 Å². The summed E-state index contributed by atoms with van der Waals surface area (Å²) in [5.41, 5.74) is 0. The Bertz CT molecular complexity index is 1830. The minimum Gasteiger partial charge on any atom is -0.450 e. The highest BCUT2D eigenvalue weighted by Gasteiger charge is 1.78. The summed E-state index contributed by atoms with van der Waals surface area (Å²) >= 11 is 4.42. The average molecular weight is 1070 g/mol. The molecule has 0 saturated carbocycles. The SMILES string of the molecule is C#CCC.C#CN(C)C.C#COC.C#CS(C)=O.C#CSC.C#CSCC.C=S(C)(=O)C#CC.CC#CCC.CC#CN(C)C.CC#COC.CC#COC.CC#COC.CC#COCC.CC#CSC. The summed E-state index contributed by atoms with van der Waals surface area (Å²) in [6.45, 7) is 22.7. The molecule has 71 heavy (non-hydrogen) atoms. The lowest BCUT2D eigenvalue weighted by molar-refractivity contribution is 0.299. The third-order valence-corrected chi connectivity index (χ3v) is 5.30. The largest absolute Gasteiger partial charge is 0.450 e. The van der Waals surface area contributed by atoms with E-state index < -0.39 is 20.3 Å². The molecule has 0 amide bonds. The third kappa shape index (κ3) is 471.